The highest BCUT2D eigenvalue weighted by Crippen LogP contribution is 2.24. The Morgan fingerprint density at radius 1 is 1.03 bits per heavy atom. The van der Waals surface area contributed by atoms with Crippen molar-refractivity contribution in [1.82, 2.24) is 14.9 Å². The molecule has 0 aromatic heterocycles. The summed E-state index contributed by atoms with van der Waals surface area (Å²) in [4.78, 5) is 24.6. The third kappa shape index (κ3) is 6.01. The van der Waals surface area contributed by atoms with Gasteiger partial charge in [-0.15, -0.1) is 0 Å². The molecule has 3 rings (SSSR count). The van der Waals surface area contributed by atoms with Crippen LogP contribution in [0.3, 0.4) is 0 Å². The van der Waals surface area contributed by atoms with Gasteiger partial charge in [0.15, 0.2) is 0 Å². The van der Waals surface area contributed by atoms with Crippen LogP contribution in [0.25, 0.3) is 0 Å². The van der Waals surface area contributed by atoms with E-state index in [9.17, 15) is 18.0 Å². The van der Waals surface area contributed by atoms with Crippen LogP contribution in [-0.2, 0) is 30.9 Å². The van der Waals surface area contributed by atoms with Crippen molar-refractivity contribution < 1.29 is 32.2 Å². The molecule has 10 nitrogen and oxygen atoms in total. The van der Waals surface area contributed by atoms with Crippen molar-refractivity contribution in [3.63, 3.8) is 0 Å². The molecule has 0 unspecified atom stereocenters. The molecule has 0 aliphatic carbocycles. The molecular formula is C22H27N3O7S. The monoisotopic (exact) mass is 477 g/mol. The number of hydrogen-bond acceptors (Lipinski definition) is 7. The van der Waals surface area contributed by atoms with E-state index in [1.807, 2.05) is 0 Å². The average Bonchev–Trinajstić information content (AvgIpc) is 2.86. The Labute approximate surface area is 192 Å². The Morgan fingerprint density at radius 3 is 2.42 bits per heavy atom. The zero-order valence-corrected chi connectivity index (χ0v) is 19.3. The third-order valence-corrected chi connectivity index (χ3v) is 7.00. The van der Waals surface area contributed by atoms with Gasteiger partial charge in [-0.3, -0.25) is 9.59 Å². The fraction of sp³-hybridized carbons (Fsp3) is 0.364. The van der Waals surface area contributed by atoms with Gasteiger partial charge in [-0.05, 0) is 36.8 Å². The fourth-order valence-corrected chi connectivity index (χ4v) is 4.92. The number of methoxy groups -OCH3 is 2. The SMILES string of the molecule is COc1ccc(S(=O)(=O)N2CCCO[C@H]2CNC(=O)C(=O)NCc2ccccc2OC)cc1. The summed E-state index contributed by atoms with van der Waals surface area (Å²) in [6, 6.07) is 13.1. The Balaban J connectivity index is 1.60. The Kier molecular flexibility index (Phi) is 8.26. The molecule has 0 bridgehead atoms. The van der Waals surface area contributed by atoms with Gasteiger partial charge in [0.05, 0.1) is 32.3 Å². The highest BCUT2D eigenvalue weighted by atomic mass is 32.2. The van der Waals surface area contributed by atoms with Crippen LogP contribution in [0, 0.1) is 0 Å². The lowest BCUT2D eigenvalue weighted by atomic mass is 10.2. The van der Waals surface area contributed by atoms with E-state index < -0.39 is 28.1 Å². The lowest BCUT2D eigenvalue weighted by Crippen LogP contribution is -2.53. The zero-order valence-electron chi connectivity index (χ0n) is 18.4. The van der Waals surface area contributed by atoms with E-state index in [-0.39, 0.29) is 24.5 Å². The minimum Gasteiger partial charge on any atom is -0.497 e. The van der Waals surface area contributed by atoms with Crippen molar-refractivity contribution in [3.05, 3.63) is 54.1 Å². The summed E-state index contributed by atoms with van der Waals surface area (Å²) in [5.74, 6) is -0.609. The maximum atomic E-state index is 13.1. The average molecular weight is 478 g/mol. The lowest BCUT2D eigenvalue weighted by Gasteiger charge is -2.34. The second-order valence-corrected chi connectivity index (χ2v) is 9.07. The lowest BCUT2D eigenvalue weighted by molar-refractivity contribution is -0.140. The summed E-state index contributed by atoms with van der Waals surface area (Å²) in [5.41, 5.74) is 0.716. The molecular weight excluding hydrogens is 450 g/mol. The van der Waals surface area contributed by atoms with Crippen molar-refractivity contribution in [2.24, 2.45) is 0 Å². The molecule has 33 heavy (non-hydrogen) atoms. The van der Waals surface area contributed by atoms with E-state index in [1.54, 1.807) is 36.4 Å². The van der Waals surface area contributed by atoms with E-state index in [0.29, 0.717) is 30.1 Å². The number of amides is 2. The first-order valence-electron chi connectivity index (χ1n) is 10.3. The predicted molar refractivity (Wildman–Crippen MR) is 119 cm³/mol. The van der Waals surface area contributed by atoms with Crippen LogP contribution in [0.15, 0.2) is 53.4 Å². The zero-order chi connectivity index (χ0) is 23.8. The highest BCUT2D eigenvalue weighted by molar-refractivity contribution is 7.89. The number of nitrogens with one attached hydrogen (secondary N) is 2. The van der Waals surface area contributed by atoms with Crippen LogP contribution in [0.2, 0.25) is 0 Å². The second-order valence-electron chi connectivity index (χ2n) is 7.17. The van der Waals surface area contributed by atoms with Crippen LogP contribution in [-0.4, -0.2) is 64.7 Å². The number of carbonyl (C=O) groups is 2. The molecule has 0 saturated carbocycles. The topological polar surface area (TPSA) is 123 Å². The Bertz CT molecular complexity index is 1070. The van der Waals surface area contributed by atoms with E-state index in [0.717, 1.165) is 0 Å². The van der Waals surface area contributed by atoms with Crippen molar-refractivity contribution in [1.29, 1.82) is 0 Å². The Morgan fingerprint density at radius 2 is 1.73 bits per heavy atom. The van der Waals surface area contributed by atoms with Gasteiger partial charge in [0.1, 0.15) is 17.7 Å². The van der Waals surface area contributed by atoms with Crippen molar-refractivity contribution in [2.45, 2.75) is 24.1 Å². The molecule has 178 valence electrons. The van der Waals surface area contributed by atoms with Gasteiger partial charge < -0.3 is 24.8 Å². The molecule has 1 atom stereocenters. The number of benzene rings is 2. The minimum absolute atomic E-state index is 0.0830. The molecule has 2 aromatic carbocycles. The molecule has 1 fully saturated rings. The van der Waals surface area contributed by atoms with Gasteiger partial charge in [0.25, 0.3) is 0 Å². The number of hydrogen-bond donors (Lipinski definition) is 2. The quantitative estimate of drug-likeness (QED) is 0.541. The van der Waals surface area contributed by atoms with Crippen LogP contribution < -0.4 is 20.1 Å². The largest absolute Gasteiger partial charge is 0.497 e. The number of sulfonamides is 1. The summed E-state index contributed by atoms with van der Waals surface area (Å²) in [6.45, 7) is 0.508. The summed E-state index contributed by atoms with van der Waals surface area (Å²) in [6.07, 6.45) is -0.420. The molecule has 2 amide bonds. The molecule has 1 aliphatic heterocycles. The number of nitrogens with zero attached hydrogens (tertiary/aromatic N) is 1. The maximum absolute atomic E-state index is 13.1. The fourth-order valence-electron chi connectivity index (χ4n) is 3.35. The molecule has 2 N–H and O–H groups in total. The molecule has 2 aromatic rings. The predicted octanol–water partition coefficient (Wildman–Crippen LogP) is 0.874. The maximum Gasteiger partial charge on any atom is 0.309 e. The molecule has 11 heteroatoms. The number of carbonyl (C=O) groups excluding carboxylic acids is 2. The first kappa shape index (κ1) is 24.5. The van der Waals surface area contributed by atoms with Crippen LogP contribution in [0.4, 0.5) is 0 Å². The van der Waals surface area contributed by atoms with Crippen molar-refractivity contribution >= 4 is 21.8 Å². The summed E-state index contributed by atoms with van der Waals surface area (Å²) >= 11 is 0. The first-order chi connectivity index (χ1) is 15.9. The third-order valence-electron chi connectivity index (χ3n) is 5.10. The number of para-hydroxylation sites is 1. The van der Waals surface area contributed by atoms with Crippen LogP contribution >= 0.6 is 0 Å². The molecule has 0 radical (unpaired) electrons. The van der Waals surface area contributed by atoms with E-state index in [4.69, 9.17) is 14.2 Å². The van der Waals surface area contributed by atoms with Gasteiger partial charge in [-0.1, -0.05) is 18.2 Å². The van der Waals surface area contributed by atoms with Crippen molar-refractivity contribution in [2.75, 3.05) is 33.9 Å². The number of ether oxygens (including phenoxy) is 3. The van der Waals surface area contributed by atoms with E-state index in [1.165, 1.54) is 30.7 Å². The molecule has 1 saturated heterocycles. The van der Waals surface area contributed by atoms with Gasteiger partial charge >= 0.3 is 11.8 Å². The van der Waals surface area contributed by atoms with Gasteiger partial charge in [0.2, 0.25) is 10.0 Å². The normalized spacial score (nSPS) is 16.6. The van der Waals surface area contributed by atoms with Crippen LogP contribution in [0.5, 0.6) is 11.5 Å². The summed E-state index contributed by atoms with van der Waals surface area (Å²) < 4.78 is 43.3. The highest BCUT2D eigenvalue weighted by Gasteiger charge is 2.35. The first-order valence-corrected chi connectivity index (χ1v) is 11.8. The van der Waals surface area contributed by atoms with Crippen molar-refractivity contribution in [3.8, 4) is 11.5 Å². The van der Waals surface area contributed by atoms with Gasteiger partial charge in [-0.25, -0.2) is 8.42 Å². The van der Waals surface area contributed by atoms with Gasteiger partial charge in [0, 0.05) is 18.7 Å². The smallest absolute Gasteiger partial charge is 0.309 e. The standard InChI is InChI=1S/C22H27N3O7S/c1-30-17-8-10-18(11-9-17)33(28,29)25-12-5-13-32-20(25)15-24-22(27)21(26)23-14-16-6-3-4-7-19(16)31-2/h3-4,6-11,20H,5,12-15H2,1-2H3,(H,23,26)(H,24,27)/t20-/m0/s1. The minimum atomic E-state index is -3.87. The summed E-state index contributed by atoms with van der Waals surface area (Å²) in [7, 11) is -0.861. The van der Waals surface area contributed by atoms with Crippen LogP contribution in [0.1, 0.15) is 12.0 Å². The van der Waals surface area contributed by atoms with Gasteiger partial charge in [-0.2, -0.15) is 4.31 Å². The van der Waals surface area contributed by atoms with E-state index >= 15 is 0 Å². The van der Waals surface area contributed by atoms with E-state index in [2.05, 4.69) is 10.6 Å². The number of rotatable bonds is 8. The molecule has 1 heterocycles. The molecule has 1 aliphatic rings. The Hall–Kier alpha value is -3.15. The summed E-state index contributed by atoms with van der Waals surface area (Å²) in [5, 5.41) is 4.98. The molecule has 0 spiro atoms. The second kappa shape index (κ2) is 11.1.